The molecular formula is C19H25FN4O2S. The highest BCUT2D eigenvalue weighted by Crippen LogP contribution is 2.29. The van der Waals surface area contributed by atoms with Crippen molar-refractivity contribution < 1.29 is 14.3 Å². The van der Waals surface area contributed by atoms with Crippen molar-refractivity contribution in [2.75, 3.05) is 38.1 Å². The zero-order valence-electron chi connectivity index (χ0n) is 15.8. The molecular weight excluding hydrogens is 367 g/mol. The number of nitrogens with one attached hydrogen (secondary N) is 1. The van der Waals surface area contributed by atoms with Gasteiger partial charge < -0.3 is 20.2 Å². The fourth-order valence-electron chi connectivity index (χ4n) is 3.14. The van der Waals surface area contributed by atoms with Crippen molar-refractivity contribution in [3.63, 3.8) is 0 Å². The Balaban J connectivity index is 1.78. The highest BCUT2D eigenvalue weighted by molar-refractivity contribution is 7.13. The van der Waals surface area contributed by atoms with Crippen LogP contribution in [0.3, 0.4) is 0 Å². The molecule has 0 spiro atoms. The van der Waals surface area contributed by atoms with Gasteiger partial charge in [0.1, 0.15) is 21.8 Å². The predicted molar refractivity (Wildman–Crippen MR) is 105 cm³/mol. The third kappa shape index (κ3) is 4.63. The number of benzene rings is 1. The first-order chi connectivity index (χ1) is 12.8. The number of aliphatic hydroxyl groups is 1. The lowest BCUT2D eigenvalue weighted by molar-refractivity contribution is 0.0943. The molecule has 1 aliphatic heterocycles. The van der Waals surface area contributed by atoms with Gasteiger partial charge in [0.2, 0.25) is 0 Å². The molecule has 146 valence electrons. The number of rotatable bonds is 5. The number of halogens is 1. The minimum Gasteiger partial charge on any atom is -0.386 e. The number of piperazine rings is 1. The van der Waals surface area contributed by atoms with Gasteiger partial charge in [0.05, 0.1) is 12.2 Å². The second-order valence-corrected chi connectivity index (χ2v) is 7.99. The molecule has 2 N–H and O–H groups in total. The SMILES string of the molecule is CC(O)c1ncc(C(=O)NC(C)c2cc(F)ccc2N2CCN(C)CC2)s1. The first kappa shape index (κ1) is 19.7. The van der Waals surface area contributed by atoms with Crippen LogP contribution in [0.15, 0.2) is 24.4 Å². The average Bonchev–Trinajstić information content (AvgIpc) is 3.13. The number of aliphatic hydroxyl groups excluding tert-OH is 1. The molecule has 1 saturated heterocycles. The summed E-state index contributed by atoms with van der Waals surface area (Å²) in [6.07, 6.45) is 0.753. The van der Waals surface area contributed by atoms with E-state index in [0.717, 1.165) is 48.8 Å². The van der Waals surface area contributed by atoms with Crippen LogP contribution in [-0.2, 0) is 0 Å². The van der Waals surface area contributed by atoms with Gasteiger partial charge in [0.15, 0.2) is 0 Å². The van der Waals surface area contributed by atoms with E-state index in [-0.39, 0.29) is 17.8 Å². The second-order valence-electron chi connectivity index (χ2n) is 6.93. The number of thiazole rings is 1. The van der Waals surface area contributed by atoms with Crippen molar-refractivity contribution in [1.82, 2.24) is 15.2 Å². The summed E-state index contributed by atoms with van der Waals surface area (Å²) >= 11 is 1.16. The summed E-state index contributed by atoms with van der Waals surface area (Å²) in [7, 11) is 2.09. The Morgan fingerprint density at radius 2 is 2.00 bits per heavy atom. The number of aromatic nitrogens is 1. The standard InChI is InChI=1S/C19H25FN4O2S/c1-12(22-18(26)17-11-21-19(27-17)13(2)25)15-10-14(20)4-5-16(15)24-8-6-23(3)7-9-24/h4-5,10-13,25H,6-9H2,1-3H3,(H,22,26). The van der Waals surface area contributed by atoms with E-state index in [1.165, 1.54) is 18.3 Å². The van der Waals surface area contributed by atoms with E-state index in [1.807, 2.05) is 6.92 Å². The maximum absolute atomic E-state index is 13.9. The molecule has 1 fully saturated rings. The smallest absolute Gasteiger partial charge is 0.263 e. The van der Waals surface area contributed by atoms with Crippen LogP contribution < -0.4 is 10.2 Å². The molecule has 8 heteroatoms. The Labute approximate surface area is 162 Å². The van der Waals surface area contributed by atoms with E-state index in [9.17, 15) is 14.3 Å². The lowest BCUT2D eigenvalue weighted by Gasteiger charge is -2.36. The van der Waals surface area contributed by atoms with E-state index >= 15 is 0 Å². The number of amides is 1. The third-order valence-corrected chi connectivity index (χ3v) is 5.92. The van der Waals surface area contributed by atoms with Gasteiger partial charge in [-0.15, -0.1) is 11.3 Å². The van der Waals surface area contributed by atoms with Crippen molar-refractivity contribution >= 4 is 22.9 Å². The van der Waals surface area contributed by atoms with Gasteiger partial charge in [-0.25, -0.2) is 9.37 Å². The lowest BCUT2D eigenvalue weighted by atomic mass is 10.0. The number of anilines is 1. The molecule has 27 heavy (non-hydrogen) atoms. The highest BCUT2D eigenvalue weighted by atomic mass is 32.1. The molecule has 0 radical (unpaired) electrons. The Hall–Kier alpha value is -2.03. The van der Waals surface area contributed by atoms with Crippen molar-refractivity contribution in [3.05, 3.63) is 45.7 Å². The number of carbonyl (C=O) groups excluding carboxylic acids is 1. The Morgan fingerprint density at radius 1 is 1.30 bits per heavy atom. The van der Waals surface area contributed by atoms with E-state index in [1.54, 1.807) is 13.0 Å². The van der Waals surface area contributed by atoms with E-state index in [4.69, 9.17) is 0 Å². The van der Waals surface area contributed by atoms with Gasteiger partial charge in [-0.3, -0.25) is 4.79 Å². The Morgan fingerprint density at radius 3 is 2.63 bits per heavy atom. The van der Waals surface area contributed by atoms with Crippen LogP contribution in [0, 0.1) is 5.82 Å². The molecule has 0 bridgehead atoms. The van der Waals surface area contributed by atoms with Crippen LogP contribution in [-0.4, -0.2) is 54.1 Å². The number of likely N-dealkylation sites (N-methyl/N-ethyl adjacent to an activating group) is 1. The van der Waals surface area contributed by atoms with Crippen LogP contribution >= 0.6 is 11.3 Å². The fraction of sp³-hybridized carbons (Fsp3) is 0.474. The van der Waals surface area contributed by atoms with Gasteiger partial charge in [0, 0.05) is 37.4 Å². The van der Waals surface area contributed by atoms with Gasteiger partial charge in [-0.2, -0.15) is 0 Å². The molecule has 1 amide bonds. The molecule has 0 saturated carbocycles. The van der Waals surface area contributed by atoms with E-state index < -0.39 is 6.10 Å². The van der Waals surface area contributed by atoms with Gasteiger partial charge in [-0.1, -0.05) is 0 Å². The quantitative estimate of drug-likeness (QED) is 0.819. The lowest BCUT2D eigenvalue weighted by Crippen LogP contribution is -2.45. The summed E-state index contributed by atoms with van der Waals surface area (Å²) < 4.78 is 13.9. The topological polar surface area (TPSA) is 68.7 Å². The number of hydrogen-bond acceptors (Lipinski definition) is 6. The molecule has 6 nitrogen and oxygen atoms in total. The van der Waals surface area contributed by atoms with Crippen molar-refractivity contribution in [3.8, 4) is 0 Å². The molecule has 2 heterocycles. The van der Waals surface area contributed by atoms with Gasteiger partial charge in [-0.05, 0) is 39.1 Å². The molecule has 1 aromatic heterocycles. The number of hydrogen-bond donors (Lipinski definition) is 2. The van der Waals surface area contributed by atoms with Crippen LogP contribution in [0.25, 0.3) is 0 Å². The predicted octanol–water partition coefficient (Wildman–Crippen LogP) is 2.58. The summed E-state index contributed by atoms with van der Waals surface area (Å²) in [5.41, 5.74) is 1.71. The normalized spacial score (nSPS) is 17.6. The molecule has 2 atom stereocenters. The van der Waals surface area contributed by atoms with E-state index in [0.29, 0.717) is 9.88 Å². The van der Waals surface area contributed by atoms with Crippen molar-refractivity contribution in [2.24, 2.45) is 0 Å². The Bertz CT molecular complexity index is 803. The summed E-state index contributed by atoms with van der Waals surface area (Å²) in [4.78, 5) is 21.5. The number of carbonyl (C=O) groups is 1. The fourth-order valence-corrected chi connectivity index (χ4v) is 3.90. The third-order valence-electron chi connectivity index (χ3n) is 4.75. The minimum atomic E-state index is -0.707. The number of nitrogens with zero attached hydrogens (tertiary/aromatic N) is 3. The molecule has 1 aromatic carbocycles. The second kappa shape index (κ2) is 8.33. The molecule has 3 rings (SSSR count). The maximum atomic E-state index is 13.9. The first-order valence-corrected chi connectivity index (χ1v) is 9.84. The highest BCUT2D eigenvalue weighted by Gasteiger charge is 2.22. The van der Waals surface area contributed by atoms with Crippen LogP contribution in [0.5, 0.6) is 0 Å². The average molecular weight is 393 g/mol. The molecule has 0 aliphatic carbocycles. The summed E-state index contributed by atoms with van der Waals surface area (Å²) in [5, 5.41) is 13.0. The largest absolute Gasteiger partial charge is 0.386 e. The molecule has 2 unspecified atom stereocenters. The minimum absolute atomic E-state index is 0.277. The molecule has 1 aliphatic rings. The first-order valence-electron chi connectivity index (χ1n) is 9.02. The van der Waals surface area contributed by atoms with Crippen LogP contribution in [0.2, 0.25) is 0 Å². The van der Waals surface area contributed by atoms with Gasteiger partial charge >= 0.3 is 0 Å². The molecule has 2 aromatic rings. The van der Waals surface area contributed by atoms with Gasteiger partial charge in [0.25, 0.3) is 5.91 Å². The van der Waals surface area contributed by atoms with Crippen molar-refractivity contribution in [2.45, 2.75) is 26.0 Å². The summed E-state index contributed by atoms with van der Waals surface area (Å²) in [6, 6.07) is 4.38. The Kier molecular flexibility index (Phi) is 6.08. The maximum Gasteiger partial charge on any atom is 0.263 e. The van der Waals surface area contributed by atoms with Crippen LogP contribution in [0.4, 0.5) is 10.1 Å². The zero-order chi connectivity index (χ0) is 19.6. The zero-order valence-corrected chi connectivity index (χ0v) is 16.6. The van der Waals surface area contributed by atoms with Crippen LogP contribution in [0.1, 0.15) is 46.2 Å². The van der Waals surface area contributed by atoms with Crippen molar-refractivity contribution in [1.29, 1.82) is 0 Å². The summed E-state index contributed by atoms with van der Waals surface area (Å²) in [6.45, 7) is 7.08. The summed E-state index contributed by atoms with van der Waals surface area (Å²) in [5.74, 6) is -0.598. The monoisotopic (exact) mass is 392 g/mol. The van der Waals surface area contributed by atoms with E-state index in [2.05, 4.69) is 27.1 Å².